The molecule has 1 unspecified atom stereocenters. The first-order chi connectivity index (χ1) is 7.88. The molecule has 0 radical (unpaired) electrons. The smallest absolute Gasteiger partial charge is 0.0842 e. The summed E-state index contributed by atoms with van der Waals surface area (Å²) in [4.78, 5) is 2.23. The van der Waals surface area contributed by atoms with Crippen molar-refractivity contribution in [2.45, 2.75) is 32.3 Å². The number of hydrogen-bond acceptors (Lipinski definition) is 2. The minimum atomic E-state index is -0.305. The zero-order valence-electron chi connectivity index (χ0n) is 11.3. The van der Waals surface area contributed by atoms with E-state index >= 15 is 0 Å². The lowest BCUT2D eigenvalue weighted by Gasteiger charge is -2.39. The zero-order valence-corrected chi connectivity index (χ0v) is 11.3. The van der Waals surface area contributed by atoms with E-state index in [4.69, 9.17) is 0 Å². The van der Waals surface area contributed by atoms with Gasteiger partial charge < -0.3 is 10.0 Å². The monoisotopic (exact) mass is 233 g/mol. The molecule has 1 aromatic carbocycles. The van der Waals surface area contributed by atoms with Crippen LogP contribution in [-0.4, -0.2) is 30.1 Å². The molecular weight excluding hydrogens is 210 g/mol. The van der Waals surface area contributed by atoms with Crippen LogP contribution in [0.15, 0.2) is 24.3 Å². The third-order valence-electron chi connectivity index (χ3n) is 3.66. The average Bonchev–Trinajstić information content (AvgIpc) is 2.23. The Morgan fingerprint density at radius 1 is 1.18 bits per heavy atom. The molecule has 17 heavy (non-hydrogen) atoms. The van der Waals surface area contributed by atoms with E-state index in [1.807, 2.05) is 0 Å². The van der Waals surface area contributed by atoms with E-state index in [1.54, 1.807) is 0 Å². The third kappa shape index (κ3) is 2.70. The van der Waals surface area contributed by atoms with E-state index in [0.29, 0.717) is 5.92 Å². The number of aliphatic hydroxyl groups excluding tert-OH is 1. The molecule has 1 saturated heterocycles. The Kier molecular flexibility index (Phi) is 3.28. The van der Waals surface area contributed by atoms with Crippen LogP contribution >= 0.6 is 0 Å². The highest BCUT2D eigenvalue weighted by Gasteiger charge is 2.30. The van der Waals surface area contributed by atoms with Crippen molar-refractivity contribution in [2.24, 2.45) is 5.92 Å². The molecule has 1 aliphatic heterocycles. The Labute approximate surface area is 104 Å². The van der Waals surface area contributed by atoms with Crippen LogP contribution < -0.4 is 0 Å². The number of nitrogens with zero attached hydrogens (tertiary/aromatic N) is 1. The first-order valence-electron chi connectivity index (χ1n) is 6.35. The summed E-state index contributed by atoms with van der Waals surface area (Å²) in [5, 5.41) is 10.2. The van der Waals surface area contributed by atoms with E-state index in [1.165, 1.54) is 5.56 Å². The van der Waals surface area contributed by atoms with Gasteiger partial charge in [0.25, 0.3) is 0 Å². The van der Waals surface area contributed by atoms with Gasteiger partial charge in [-0.25, -0.2) is 0 Å². The molecular formula is C15H23NO. The second-order valence-electron chi connectivity index (χ2n) is 6.30. The SMILES string of the molecule is CN1CC(C(O)c2ccc(C(C)(C)C)cc2)C1. The van der Waals surface area contributed by atoms with Gasteiger partial charge in [-0.3, -0.25) is 0 Å². The number of hydrogen-bond donors (Lipinski definition) is 1. The highest BCUT2D eigenvalue weighted by Crippen LogP contribution is 2.30. The molecule has 0 aliphatic carbocycles. The summed E-state index contributed by atoms with van der Waals surface area (Å²) in [5.74, 6) is 0.403. The molecule has 1 heterocycles. The Bertz CT molecular complexity index is 371. The van der Waals surface area contributed by atoms with Crippen LogP contribution in [0.3, 0.4) is 0 Å². The molecule has 1 fully saturated rings. The lowest BCUT2D eigenvalue weighted by Crippen LogP contribution is -2.46. The van der Waals surface area contributed by atoms with Crippen LogP contribution in [0.2, 0.25) is 0 Å². The topological polar surface area (TPSA) is 23.5 Å². The quantitative estimate of drug-likeness (QED) is 0.848. The maximum Gasteiger partial charge on any atom is 0.0842 e. The summed E-state index contributed by atoms with van der Waals surface area (Å²) in [6.07, 6.45) is -0.305. The summed E-state index contributed by atoms with van der Waals surface area (Å²) in [6.45, 7) is 8.63. The van der Waals surface area contributed by atoms with Gasteiger partial charge in [-0.2, -0.15) is 0 Å². The van der Waals surface area contributed by atoms with Crippen LogP contribution in [0, 0.1) is 5.92 Å². The fraction of sp³-hybridized carbons (Fsp3) is 0.600. The van der Waals surface area contributed by atoms with E-state index in [-0.39, 0.29) is 11.5 Å². The normalized spacial score (nSPS) is 20.1. The molecule has 0 saturated carbocycles. The molecule has 0 aromatic heterocycles. The minimum Gasteiger partial charge on any atom is -0.388 e. The van der Waals surface area contributed by atoms with E-state index < -0.39 is 0 Å². The number of benzene rings is 1. The lowest BCUT2D eigenvalue weighted by atomic mass is 9.84. The van der Waals surface area contributed by atoms with Crippen molar-refractivity contribution >= 4 is 0 Å². The largest absolute Gasteiger partial charge is 0.388 e. The van der Waals surface area contributed by atoms with Crippen molar-refractivity contribution in [3.05, 3.63) is 35.4 Å². The molecule has 94 valence electrons. The molecule has 0 bridgehead atoms. The first-order valence-corrected chi connectivity index (χ1v) is 6.35. The summed E-state index contributed by atoms with van der Waals surface area (Å²) in [6, 6.07) is 8.43. The highest BCUT2D eigenvalue weighted by molar-refractivity contribution is 5.29. The van der Waals surface area contributed by atoms with Gasteiger partial charge >= 0.3 is 0 Å². The van der Waals surface area contributed by atoms with Gasteiger partial charge in [0.15, 0.2) is 0 Å². The van der Waals surface area contributed by atoms with Gasteiger partial charge in [0.2, 0.25) is 0 Å². The maximum absolute atomic E-state index is 10.2. The van der Waals surface area contributed by atoms with Gasteiger partial charge in [0, 0.05) is 19.0 Å². The molecule has 1 N–H and O–H groups in total. The molecule has 1 aromatic rings. The predicted molar refractivity (Wildman–Crippen MR) is 71.1 cm³/mol. The average molecular weight is 233 g/mol. The molecule has 0 spiro atoms. The predicted octanol–water partition coefficient (Wildman–Crippen LogP) is 2.58. The zero-order chi connectivity index (χ0) is 12.6. The van der Waals surface area contributed by atoms with Crippen molar-refractivity contribution in [3.8, 4) is 0 Å². The fourth-order valence-electron chi connectivity index (χ4n) is 2.40. The van der Waals surface area contributed by atoms with Crippen molar-refractivity contribution < 1.29 is 5.11 Å². The molecule has 1 atom stereocenters. The Hall–Kier alpha value is -0.860. The number of rotatable bonds is 2. The molecule has 2 nitrogen and oxygen atoms in total. The number of likely N-dealkylation sites (tertiary alicyclic amines) is 1. The van der Waals surface area contributed by atoms with Crippen LogP contribution in [0.5, 0.6) is 0 Å². The van der Waals surface area contributed by atoms with E-state index in [2.05, 4.69) is 57.0 Å². The highest BCUT2D eigenvalue weighted by atomic mass is 16.3. The summed E-state index contributed by atoms with van der Waals surface area (Å²) < 4.78 is 0. The Balaban J connectivity index is 2.07. The Morgan fingerprint density at radius 2 is 1.71 bits per heavy atom. The van der Waals surface area contributed by atoms with Crippen molar-refractivity contribution in [1.82, 2.24) is 4.90 Å². The number of aliphatic hydroxyl groups is 1. The van der Waals surface area contributed by atoms with Gasteiger partial charge in [0.1, 0.15) is 0 Å². The lowest BCUT2D eigenvalue weighted by molar-refractivity contribution is 0.00898. The molecule has 2 heteroatoms. The summed E-state index contributed by atoms with van der Waals surface area (Å²) in [7, 11) is 2.09. The minimum absolute atomic E-state index is 0.181. The molecule has 2 rings (SSSR count). The second-order valence-corrected chi connectivity index (χ2v) is 6.30. The van der Waals surface area contributed by atoms with Gasteiger partial charge in [-0.15, -0.1) is 0 Å². The summed E-state index contributed by atoms with van der Waals surface area (Å²) in [5.41, 5.74) is 2.55. The third-order valence-corrected chi connectivity index (χ3v) is 3.66. The van der Waals surface area contributed by atoms with Crippen molar-refractivity contribution in [3.63, 3.8) is 0 Å². The van der Waals surface area contributed by atoms with Crippen molar-refractivity contribution in [2.75, 3.05) is 20.1 Å². The summed E-state index contributed by atoms with van der Waals surface area (Å²) >= 11 is 0. The van der Waals surface area contributed by atoms with Gasteiger partial charge in [-0.05, 0) is 23.6 Å². The fourth-order valence-corrected chi connectivity index (χ4v) is 2.40. The second kappa shape index (κ2) is 4.43. The van der Waals surface area contributed by atoms with E-state index in [9.17, 15) is 5.11 Å². The Morgan fingerprint density at radius 3 is 2.12 bits per heavy atom. The van der Waals surface area contributed by atoms with Crippen LogP contribution in [0.4, 0.5) is 0 Å². The van der Waals surface area contributed by atoms with Gasteiger partial charge in [0.05, 0.1) is 6.10 Å². The standard InChI is InChI=1S/C15H23NO/c1-15(2,3)13-7-5-11(6-8-13)14(17)12-9-16(4)10-12/h5-8,12,14,17H,9-10H2,1-4H3. The van der Waals surface area contributed by atoms with Gasteiger partial charge in [-0.1, -0.05) is 45.0 Å². The van der Waals surface area contributed by atoms with Crippen LogP contribution in [-0.2, 0) is 5.41 Å². The molecule has 1 aliphatic rings. The molecule has 0 amide bonds. The first kappa shape index (κ1) is 12.6. The van der Waals surface area contributed by atoms with E-state index in [0.717, 1.165) is 18.7 Å². The maximum atomic E-state index is 10.2. The van der Waals surface area contributed by atoms with Crippen LogP contribution in [0.25, 0.3) is 0 Å². The van der Waals surface area contributed by atoms with Crippen LogP contribution in [0.1, 0.15) is 38.0 Å². The van der Waals surface area contributed by atoms with Crippen molar-refractivity contribution in [1.29, 1.82) is 0 Å².